The van der Waals surface area contributed by atoms with Crippen molar-refractivity contribution in [3.63, 3.8) is 0 Å². The second kappa shape index (κ2) is 10.8. The molecule has 2 aliphatic rings. The van der Waals surface area contributed by atoms with Crippen LogP contribution in [0.4, 0.5) is 4.39 Å². The zero-order chi connectivity index (χ0) is 20.7. The van der Waals surface area contributed by atoms with Crippen LogP contribution in [0.1, 0.15) is 31.2 Å². The summed E-state index contributed by atoms with van der Waals surface area (Å²) in [4.78, 5) is 6.81. The van der Waals surface area contributed by atoms with Gasteiger partial charge >= 0.3 is 0 Å². The van der Waals surface area contributed by atoms with Crippen molar-refractivity contribution in [1.29, 1.82) is 0 Å². The van der Waals surface area contributed by atoms with Gasteiger partial charge in [0.1, 0.15) is 5.82 Å². The third-order valence-corrected chi connectivity index (χ3v) is 7.66. The van der Waals surface area contributed by atoms with Crippen LogP contribution in [-0.2, 0) is 11.3 Å². The van der Waals surface area contributed by atoms with Crippen LogP contribution in [-0.4, -0.2) is 67.8 Å². The van der Waals surface area contributed by atoms with Crippen molar-refractivity contribution in [2.24, 2.45) is 4.99 Å². The molecule has 0 amide bonds. The first-order valence-corrected chi connectivity index (χ1v) is 11.9. The Balaban J connectivity index is 1.51. The number of nitrogens with one attached hydrogen (secondary N) is 2. The predicted octanol–water partition coefficient (Wildman–Crippen LogP) is 3.52. The van der Waals surface area contributed by atoms with Gasteiger partial charge in [-0.15, -0.1) is 0 Å². The second-order valence-electron chi connectivity index (χ2n) is 7.88. The van der Waals surface area contributed by atoms with Gasteiger partial charge in [-0.05, 0) is 56.2 Å². The fourth-order valence-electron chi connectivity index (χ4n) is 4.04. The number of aliphatic imine (C=N–C) groups is 1. The van der Waals surface area contributed by atoms with Gasteiger partial charge in [0.05, 0.1) is 0 Å². The third-order valence-electron chi connectivity index (χ3n) is 5.89. The maximum Gasteiger partial charge on any atom is 0.191 e. The van der Waals surface area contributed by atoms with Crippen LogP contribution in [0.25, 0.3) is 0 Å². The first-order valence-electron chi connectivity index (χ1n) is 10.3. The van der Waals surface area contributed by atoms with E-state index in [0.717, 1.165) is 76.6 Å². The summed E-state index contributed by atoms with van der Waals surface area (Å²) >= 11 is 8.13. The predicted molar refractivity (Wildman–Crippen MR) is 121 cm³/mol. The molecule has 2 fully saturated rings. The van der Waals surface area contributed by atoms with E-state index < -0.39 is 0 Å². The summed E-state index contributed by atoms with van der Waals surface area (Å²) in [5, 5.41) is 7.63. The molecule has 2 N–H and O–H groups in total. The number of guanidine groups is 1. The Morgan fingerprint density at radius 3 is 2.90 bits per heavy atom. The van der Waals surface area contributed by atoms with Gasteiger partial charge in [-0.3, -0.25) is 9.89 Å². The molecule has 0 saturated carbocycles. The highest BCUT2D eigenvalue weighted by molar-refractivity contribution is 8.00. The minimum absolute atomic E-state index is 0.216. The Kier molecular flexibility index (Phi) is 8.47. The van der Waals surface area contributed by atoms with Gasteiger partial charge in [0.2, 0.25) is 0 Å². The molecule has 2 aliphatic heterocycles. The van der Waals surface area contributed by atoms with Gasteiger partial charge in [-0.25, -0.2) is 4.39 Å². The normalized spacial score (nSPS) is 23.0. The Hall–Kier alpha value is -1.02. The van der Waals surface area contributed by atoms with Crippen LogP contribution in [0, 0.1) is 5.82 Å². The average molecular weight is 443 g/mol. The van der Waals surface area contributed by atoms with Crippen molar-refractivity contribution in [1.82, 2.24) is 15.5 Å². The quantitative estimate of drug-likeness (QED) is 0.521. The molecule has 29 heavy (non-hydrogen) atoms. The molecule has 1 aromatic rings. The van der Waals surface area contributed by atoms with Gasteiger partial charge < -0.3 is 15.4 Å². The fraction of sp³-hybridized carbons (Fsp3) is 0.667. The van der Waals surface area contributed by atoms with E-state index in [4.69, 9.17) is 16.3 Å². The number of hydrogen-bond acceptors (Lipinski definition) is 4. The van der Waals surface area contributed by atoms with E-state index in [1.54, 1.807) is 6.07 Å². The number of ether oxygens (including phenoxy) is 1. The fourth-order valence-corrected chi connectivity index (χ4v) is 5.06. The molecule has 3 rings (SSSR count). The maximum atomic E-state index is 13.3. The first-order chi connectivity index (χ1) is 14.0. The van der Waals surface area contributed by atoms with E-state index in [9.17, 15) is 4.39 Å². The van der Waals surface area contributed by atoms with Crippen LogP contribution in [0.15, 0.2) is 23.2 Å². The van der Waals surface area contributed by atoms with Gasteiger partial charge in [0.25, 0.3) is 0 Å². The summed E-state index contributed by atoms with van der Waals surface area (Å²) in [5.41, 5.74) is 0.970. The molecular weight excluding hydrogens is 411 g/mol. The van der Waals surface area contributed by atoms with E-state index in [0.29, 0.717) is 11.1 Å². The molecule has 8 heteroatoms. The lowest BCUT2D eigenvalue weighted by Gasteiger charge is -2.37. The standard InChI is InChI=1S/C21H32ClFN4OS/c1-24-20(25-15-21(29-2)7-10-28-11-8-21)26-18-4-3-9-27(14-18)13-16-5-6-17(23)12-19(16)22/h5-6,12,18H,3-4,7-11,13-15H2,1-2H3,(H2,24,25,26). The minimum atomic E-state index is -0.292. The molecule has 162 valence electrons. The summed E-state index contributed by atoms with van der Waals surface area (Å²) in [5.74, 6) is 0.566. The van der Waals surface area contributed by atoms with Crippen molar-refractivity contribution >= 4 is 29.3 Å². The van der Waals surface area contributed by atoms with E-state index in [-0.39, 0.29) is 10.6 Å². The Labute approximate surface area is 182 Å². The number of likely N-dealkylation sites (tertiary alicyclic amines) is 1. The monoisotopic (exact) mass is 442 g/mol. The molecular formula is C21H32ClFN4OS. The lowest BCUT2D eigenvalue weighted by Crippen LogP contribution is -2.53. The molecule has 5 nitrogen and oxygen atoms in total. The van der Waals surface area contributed by atoms with Gasteiger partial charge in [0.15, 0.2) is 5.96 Å². The summed E-state index contributed by atoms with van der Waals surface area (Å²) < 4.78 is 19.0. The number of thioether (sulfide) groups is 1. The molecule has 2 saturated heterocycles. The van der Waals surface area contributed by atoms with Crippen molar-refractivity contribution in [2.75, 3.05) is 46.2 Å². The number of nitrogens with zero attached hydrogens (tertiary/aromatic N) is 2. The van der Waals surface area contributed by atoms with Crippen molar-refractivity contribution in [2.45, 2.75) is 43.0 Å². The smallest absolute Gasteiger partial charge is 0.191 e. The summed E-state index contributed by atoms with van der Waals surface area (Å²) in [7, 11) is 1.82. The van der Waals surface area contributed by atoms with Crippen LogP contribution < -0.4 is 10.6 Å². The highest BCUT2D eigenvalue weighted by atomic mass is 35.5. The van der Waals surface area contributed by atoms with Crippen LogP contribution in [0.3, 0.4) is 0 Å². The zero-order valence-corrected chi connectivity index (χ0v) is 18.9. The largest absolute Gasteiger partial charge is 0.381 e. The summed E-state index contributed by atoms with van der Waals surface area (Å²) in [6.07, 6.45) is 6.53. The number of hydrogen-bond donors (Lipinski definition) is 2. The van der Waals surface area contributed by atoms with Crippen LogP contribution in [0.2, 0.25) is 5.02 Å². The number of halogens is 2. The number of rotatable bonds is 6. The SMILES string of the molecule is CN=C(NCC1(SC)CCOCC1)NC1CCCN(Cc2ccc(F)cc2Cl)C1. The Bertz CT molecular complexity index is 699. The Morgan fingerprint density at radius 1 is 1.41 bits per heavy atom. The van der Waals surface area contributed by atoms with E-state index in [2.05, 4.69) is 26.8 Å². The lowest BCUT2D eigenvalue weighted by molar-refractivity contribution is 0.0782. The van der Waals surface area contributed by atoms with Gasteiger partial charge in [-0.2, -0.15) is 11.8 Å². The van der Waals surface area contributed by atoms with Gasteiger partial charge in [0, 0.05) is 55.7 Å². The molecule has 0 radical (unpaired) electrons. The Morgan fingerprint density at radius 2 is 2.21 bits per heavy atom. The van der Waals surface area contributed by atoms with E-state index in [1.807, 2.05) is 18.8 Å². The molecule has 0 aliphatic carbocycles. The first kappa shape index (κ1) is 22.7. The van der Waals surface area contributed by atoms with E-state index >= 15 is 0 Å². The topological polar surface area (TPSA) is 48.9 Å². The summed E-state index contributed by atoms with van der Waals surface area (Å²) in [6, 6.07) is 4.98. The highest BCUT2D eigenvalue weighted by Crippen LogP contribution is 2.33. The van der Waals surface area contributed by atoms with Gasteiger partial charge in [-0.1, -0.05) is 17.7 Å². The maximum absolute atomic E-state index is 13.3. The van der Waals surface area contributed by atoms with Crippen LogP contribution >= 0.6 is 23.4 Å². The van der Waals surface area contributed by atoms with E-state index in [1.165, 1.54) is 12.1 Å². The summed E-state index contributed by atoms with van der Waals surface area (Å²) in [6.45, 7) is 5.22. The molecule has 0 spiro atoms. The highest BCUT2D eigenvalue weighted by Gasteiger charge is 2.32. The number of benzene rings is 1. The molecule has 1 atom stereocenters. The lowest BCUT2D eigenvalue weighted by atomic mass is 9.99. The third kappa shape index (κ3) is 6.48. The van der Waals surface area contributed by atoms with Crippen molar-refractivity contribution < 1.29 is 9.13 Å². The molecule has 0 aromatic heterocycles. The van der Waals surface area contributed by atoms with Crippen molar-refractivity contribution in [3.8, 4) is 0 Å². The zero-order valence-electron chi connectivity index (χ0n) is 17.3. The van der Waals surface area contributed by atoms with Crippen LogP contribution in [0.5, 0.6) is 0 Å². The second-order valence-corrected chi connectivity index (χ2v) is 9.56. The molecule has 0 bridgehead atoms. The van der Waals surface area contributed by atoms with Crippen molar-refractivity contribution in [3.05, 3.63) is 34.6 Å². The average Bonchev–Trinajstić information content (AvgIpc) is 2.74. The molecule has 1 unspecified atom stereocenters. The molecule has 2 heterocycles. The minimum Gasteiger partial charge on any atom is -0.381 e. The number of piperidine rings is 1. The molecule has 1 aromatic carbocycles.